The van der Waals surface area contributed by atoms with Gasteiger partial charge in [-0.2, -0.15) is 5.10 Å². The number of aromatic amines is 1. The fourth-order valence-corrected chi connectivity index (χ4v) is 1.79. The van der Waals surface area contributed by atoms with Crippen molar-refractivity contribution in [1.82, 2.24) is 25.8 Å². The maximum atomic E-state index is 11.6. The molecule has 1 saturated heterocycles. The summed E-state index contributed by atoms with van der Waals surface area (Å²) in [6.45, 7) is 3.10. The summed E-state index contributed by atoms with van der Waals surface area (Å²) in [5.41, 5.74) is 0. The molecule has 3 N–H and O–H groups in total. The summed E-state index contributed by atoms with van der Waals surface area (Å²) in [4.78, 5) is 15.5. The quantitative estimate of drug-likeness (QED) is 0.623. The van der Waals surface area contributed by atoms with Crippen molar-refractivity contribution in [1.29, 1.82) is 0 Å². The highest BCUT2D eigenvalue weighted by atomic mass is 16.2. The number of rotatable bonds is 2. The van der Waals surface area contributed by atoms with E-state index in [0.717, 1.165) is 19.4 Å². The highest BCUT2D eigenvalue weighted by Crippen LogP contribution is 2.08. The van der Waals surface area contributed by atoms with E-state index in [4.69, 9.17) is 0 Å². The second-order valence-corrected chi connectivity index (χ2v) is 3.80. The Hall–Kier alpha value is -1.43. The van der Waals surface area contributed by atoms with Crippen molar-refractivity contribution in [2.45, 2.75) is 31.8 Å². The number of carbonyl (C=O) groups excluding carboxylic acids is 1. The van der Waals surface area contributed by atoms with Crippen molar-refractivity contribution >= 4 is 5.91 Å². The van der Waals surface area contributed by atoms with Crippen molar-refractivity contribution < 1.29 is 4.79 Å². The van der Waals surface area contributed by atoms with Gasteiger partial charge in [0, 0.05) is 12.1 Å². The van der Waals surface area contributed by atoms with E-state index in [0.29, 0.717) is 6.04 Å². The zero-order chi connectivity index (χ0) is 10.7. The van der Waals surface area contributed by atoms with Gasteiger partial charge in [0.25, 0.3) is 5.91 Å². The maximum Gasteiger partial charge on any atom is 0.288 e. The Balaban J connectivity index is 1.93. The molecule has 2 atom stereocenters. The van der Waals surface area contributed by atoms with Crippen LogP contribution in [-0.2, 0) is 0 Å². The Labute approximate surface area is 87.9 Å². The van der Waals surface area contributed by atoms with Crippen LogP contribution in [0.3, 0.4) is 0 Å². The Morgan fingerprint density at radius 3 is 3.20 bits per heavy atom. The third-order valence-electron chi connectivity index (χ3n) is 2.71. The van der Waals surface area contributed by atoms with Gasteiger partial charge in [0.05, 0.1) is 0 Å². The van der Waals surface area contributed by atoms with Crippen molar-refractivity contribution in [3.8, 4) is 0 Å². The molecule has 2 unspecified atom stereocenters. The third-order valence-corrected chi connectivity index (χ3v) is 2.71. The van der Waals surface area contributed by atoms with Crippen LogP contribution in [0.5, 0.6) is 0 Å². The lowest BCUT2D eigenvalue weighted by Gasteiger charge is -2.30. The fraction of sp³-hybridized carbons (Fsp3) is 0.667. The van der Waals surface area contributed by atoms with Gasteiger partial charge in [0.1, 0.15) is 6.33 Å². The number of amides is 1. The van der Waals surface area contributed by atoms with E-state index in [-0.39, 0.29) is 17.8 Å². The molecule has 1 fully saturated rings. The summed E-state index contributed by atoms with van der Waals surface area (Å²) >= 11 is 0. The average molecular weight is 209 g/mol. The molecule has 1 aromatic heterocycles. The van der Waals surface area contributed by atoms with Gasteiger partial charge >= 0.3 is 0 Å². The predicted molar refractivity (Wildman–Crippen MR) is 54.3 cm³/mol. The van der Waals surface area contributed by atoms with Crippen LogP contribution in [0.15, 0.2) is 6.33 Å². The minimum Gasteiger partial charge on any atom is -0.345 e. The first-order valence-corrected chi connectivity index (χ1v) is 5.17. The molecule has 0 saturated carbocycles. The first kappa shape index (κ1) is 10.1. The lowest BCUT2D eigenvalue weighted by Crippen LogP contribution is -2.52. The van der Waals surface area contributed by atoms with E-state index in [1.54, 1.807) is 0 Å². The van der Waals surface area contributed by atoms with Crippen molar-refractivity contribution in [2.24, 2.45) is 0 Å². The van der Waals surface area contributed by atoms with Crippen molar-refractivity contribution in [3.63, 3.8) is 0 Å². The number of hydrogen-bond donors (Lipinski definition) is 3. The molecule has 1 aromatic rings. The Kier molecular flexibility index (Phi) is 2.96. The molecule has 2 rings (SSSR count). The van der Waals surface area contributed by atoms with Crippen LogP contribution in [0.4, 0.5) is 0 Å². The zero-order valence-electron chi connectivity index (χ0n) is 8.66. The molecule has 0 radical (unpaired) electrons. The number of aromatic nitrogens is 3. The molecule has 15 heavy (non-hydrogen) atoms. The van der Waals surface area contributed by atoms with Crippen LogP contribution in [0.25, 0.3) is 0 Å². The molecule has 0 spiro atoms. The summed E-state index contributed by atoms with van der Waals surface area (Å²) in [7, 11) is 0. The molecule has 0 bridgehead atoms. The van der Waals surface area contributed by atoms with E-state index in [2.05, 4.69) is 32.7 Å². The topological polar surface area (TPSA) is 82.7 Å². The largest absolute Gasteiger partial charge is 0.345 e. The molecule has 82 valence electrons. The lowest BCUT2D eigenvalue weighted by atomic mass is 10.00. The summed E-state index contributed by atoms with van der Waals surface area (Å²) in [6, 6.07) is 0.488. The zero-order valence-corrected chi connectivity index (χ0v) is 8.66. The smallest absolute Gasteiger partial charge is 0.288 e. The van der Waals surface area contributed by atoms with E-state index in [1.807, 2.05) is 0 Å². The van der Waals surface area contributed by atoms with Gasteiger partial charge in [0.15, 0.2) is 0 Å². The maximum absolute atomic E-state index is 11.6. The van der Waals surface area contributed by atoms with Crippen molar-refractivity contribution in [3.05, 3.63) is 12.2 Å². The first-order chi connectivity index (χ1) is 7.27. The molecule has 1 amide bonds. The van der Waals surface area contributed by atoms with E-state index >= 15 is 0 Å². The van der Waals surface area contributed by atoms with Gasteiger partial charge in [-0.25, -0.2) is 4.98 Å². The van der Waals surface area contributed by atoms with E-state index in [9.17, 15) is 4.79 Å². The van der Waals surface area contributed by atoms with Gasteiger partial charge in [-0.15, -0.1) is 0 Å². The van der Waals surface area contributed by atoms with Crippen LogP contribution < -0.4 is 10.6 Å². The van der Waals surface area contributed by atoms with Crippen LogP contribution in [0.1, 0.15) is 30.4 Å². The Morgan fingerprint density at radius 1 is 1.67 bits per heavy atom. The number of H-pyrrole nitrogens is 1. The minimum atomic E-state index is -0.187. The van der Waals surface area contributed by atoms with E-state index < -0.39 is 0 Å². The standard InChI is InChI=1S/C9H15N5O/c1-6-7(3-2-4-10-6)13-9(15)8-11-5-12-14-8/h5-7,10H,2-4H2,1H3,(H,13,15)(H,11,12,14). The SMILES string of the molecule is CC1NCCCC1NC(=O)c1ncn[nH]1. The van der Waals surface area contributed by atoms with Gasteiger partial charge in [0.2, 0.25) is 5.82 Å². The van der Waals surface area contributed by atoms with Crippen LogP contribution in [-0.4, -0.2) is 39.7 Å². The Morgan fingerprint density at radius 2 is 2.53 bits per heavy atom. The number of hydrogen-bond acceptors (Lipinski definition) is 4. The normalized spacial score (nSPS) is 26.2. The van der Waals surface area contributed by atoms with Gasteiger partial charge in [-0.1, -0.05) is 0 Å². The molecule has 1 aliphatic rings. The molecular weight excluding hydrogens is 194 g/mol. The number of carbonyl (C=O) groups is 1. The highest BCUT2D eigenvalue weighted by molar-refractivity contribution is 5.90. The molecule has 2 heterocycles. The first-order valence-electron chi connectivity index (χ1n) is 5.17. The Bertz CT molecular complexity index is 323. The van der Waals surface area contributed by atoms with Crippen LogP contribution >= 0.6 is 0 Å². The summed E-state index contributed by atoms with van der Waals surface area (Å²) in [5.74, 6) is 0.0841. The average Bonchev–Trinajstić information content (AvgIpc) is 2.74. The predicted octanol–water partition coefficient (Wildman–Crippen LogP) is -0.325. The summed E-state index contributed by atoms with van der Waals surface area (Å²) < 4.78 is 0. The number of nitrogens with zero attached hydrogens (tertiary/aromatic N) is 2. The van der Waals surface area contributed by atoms with Gasteiger partial charge in [-0.05, 0) is 26.3 Å². The molecule has 1 aliphatic heterocycles. The highest BCUT2D eigenvalue weighted by Gasteiger charge is 2.23. The van der Waals surface area contributed by atoms with Gasteiger partial charge < -0.3 is 10.6 Å². The molecule has 6 heteroatoms. The third kappa shape index (κ3) is 2.33. The second kappa shape index (κ2) is 4.39. The minimum absolute atomic E-state index is 0.177. The van der Waals surface area contributed by atoms with Crippen molar-refractivity contribution in [2.75, 3.05) is 6.54 Å². The van der Waals surface area contributed by atoms with Crippen LogP contribution in [0.2, 0.25) is 0 Å². The van der Waals surface area contributed by atoms with E-state index in [1.165, 1.54) is 6.33 Å². The molecular formula is C9H15N5O. The fourth-order valence-electron chi connectivity index (χ4n) is 1.79. The number of nitrogens with one attached hydrogen (secondary N) is 3. The lowest BCUT2D eigenvalue weighted by molar-refractivity contribution is 0.0909. The molecule has 0 aromatic carbocycles. The molecule has 6 nitrogen and oxygen atoms in total. The van der Waals surface area contributed by atoms with Gasteiger partial charge in [-0.3, -0.25) is 9.89 Å². The molecule has 0 aliphatic carbocycles. The second-order valence-electron chi connectivity index (χ2n) is 3.80. The summed E-state index contributed by atoms with van der Waals surface area (Å²) in [6.07, 6.45) is 3.43. The summed E-state index contributed by atoms with van der Waals surface area (Å²) in [5, 5.41) is 12.4. The van der Waals surface area contributed by atoms with Crippen LogP contribution in [0, 0.1) is 0 Å². The monoisotopic (exact) mass is 209 g/mol. The number of piperidine rings is 1.